The second kappa shape index (κ2) is 2.58. The van der Waals surface area contributed by atoms with E-state index in [9.17, 15) is 0 Å². The molecule has 0 radical (unpaired) electrons. The molecule has 0 aromatic heterocycles. The lowest BCUT2D eigenvalue weighted by atomic mass is 10.1. The molecule has 0 heterocycles. The lowest BCUT2D eigenvalue weighted by molar-refractivity contribution is 1.70. The van der Waals surface area contributed by atoms with Gasteiger partial charge in [-0.05, 0) is 45.4 Å². The third-order valence-corrected chi connectivity index (χ3v) is 2.65. The lowest BCUT2D eigenvalue weighted by Crippen LogP contribution is -2.15. The highest BCUT2D eigenvalue weighted by Gasteiger charge is 2.07. The van der Waals surface area contributed by atoms with E-state index in [1.807, 2.05) is 0 Å². The highest BCUT2D eigenvalue weighted by atomic mass is 14.1. The van der Waals surface area contributed by atoms with Gasteiger partial charge >= 0.3 is 0 Å². The summed E-state index contributed by atoms with van der Waals surface area (Å²) in [4.78, 5) is 0. The summed E-state index contributed by atoms with van der Waals surface area (Å²) in [5, 5.41) is 2.62. The second-order valence-corrected chi connectivity index (χ2v) is 3.66. The van der Waals surface area contributed by atoms with Crippen molar-refractivity contribution in [1.82, 2.24) is 0 Å². The topological polar surface area (TPSA) is 0 Å². The first-order chi connectivity index (χ1) is 6.84. The molecular weight excluding hydrogens is 168 g/mol. The van der Waals surface area contributed by atoms with E-state index in [0.717, 1.165) is 5.57 Å². The summed E-state index contributed by atoms with van der Waals surface area (Å²) in [6.45, 7) is 3.95. The van der Waals surface area contributed by atoms with Crippen LogP contribution in [0.25, 0.3) is 23.3 Å². The summed E-state index contributed by atoms with van der Waals surface area (Å²) >= 11 is 0. The molecular formula is C14H10. The fourth-order valence-corrected chi connectivity index (χ4v) is 2.04. The summed E-state index contributed by atoms with van der Waals surface area (Å²) in [5.74, 6) is 0. The van der Waals surface area contributed by atoms with Crippen LogP contribution in [0.4, 0.5) is 0 Å². The van der Waals surface area contributed by atoms with E-state index < -0.39 is 0 Å². The van der Waals surface area contributed by atoms with E-state index in [4.69, 9.17) is 0 Å². The number of rotatable bonds is 0. The molecule has 0 fully saturated rings. The highest BCUT2D eigenvalue weighted by molar-refractivity contribution is 5.80. The van der Waals surface area contributed by atoms with Crippen LogP contribution >= 0.6 is 0 Å². The fraction of sp³-hybridized carbons (Fsp3) is 0. The number of fused-ring (bicyclic) bond motifs is 3. The standard InChI is InChI=1S/C14H10/c1-10-7-12-9-11-5-3-2-4-6-13(11)14(12)8-10/h2-9H,1H2. The highest BCUT2D eigenvalue weighted by Crippen LogP contribution is 2.16. The van der Waals surface area contributed by atoms with Crippen molar-refractivity contribution < 1.29 is 0 Å². The largest absolute Gasteiger partial charge is 0.0917 e. The third kappa shape index (κ3) is 0.942. The van der Waals surface area contributed by atoms with Crippen LogP contribution in [0, 0.1) is 0 Å². The van der Waals surface area contributed by atoms with Gasteiger partial charge in [0.25, 0.3) is 0 Å². The van der Waals surface area contributed by atoms with Crippen LogP contribution in [0.3, 0.4) is 0 Å². The van der Waals surface area contributed by atoms with Crippen LogP contribution < -0.4 is 10.4 Å². The Bertz CT molecular complexity index is 603. The Balaban J connectivity index is 2.54. The zero-order valence-corrected chi connectivity index (χ0v) is 7.83. The van der Waals surface area contributed by atoms with Gasteiger partial charge in [0, 0.05) is 0 Å². The fourth-order valence-electron chi connectivity index (χ4n) is 2.04. The molecule has 0 saturated heterocycles. The normalized spacial score (nSPS) is 13.6. The molecule has 3 aliphatic rings. The summed E-state index contributed by atoms with van der Waals surface area (Å²) < 4.78 is 0. The van der Waals surface area contributed by atoms with E-state index in [1.165, 1.54) is 21.6 Å². The zero-order chi connectivity index (χ0) is 9.54. The molecule has 0 saturated carbocycles. The quantitative estimate of drug-likeness (QED) is 0.578. The molecule has 3 aliphatic carbocycles. The van der Waals surface area contributed by atoms with Crippen molar-refractivity contribution in [3.05, 3.63) is 59.0 Å². The van der Waals surface area contributed by atoms with Gasteiger partial charge in [0.05, 0.1) is 0 Å². The van der Waals surface area contributed by atoms with Gasteiger partial charge in [0.1, 0.15) is 0 Å². The van der Waals surface area contributed by atoms with Crippen LogP contribution in [0.5, 0.6) is 0 Å². The van der Waals surface area contributed by atoms with E-state index in [1.54, 1.807) is 0 Å². The van der Waals surface area contributed by atoms with Gasteiger partial charge in [-0.3, -0.25) is 0 Å². The van der Waals surface area contributed by atoms with E-state index >= 15 is 0 Å². The Kier molecular flexibility index (Phi) is 1.40. The summed E-state index contributed by atoms with van der Waals surface area (Å²) in [5.41, 5.74) is 3.73. The van der Waals surface area contributed by atoms with Crippen LogP contribution in [-0.2, 0) is 0 Å². The molecule has 0 nitrogen and oxygen atoms in total. The van der Waals surface area contributed by atoms with Crippen molar-refractivity contribution in [2.75, 3.05) is 0 Å². The van der Waals surface area contributed by atoms with Crippen LogP contribution in [0.1, 0.15) is 0 Å². The summed E-state index contributed by atoms with van der Waals surface area (Å²) in [6.07, 6.45) is 4.28. The van der Waals surface area contributed by atoms with Gasteiger partial charge < -0.3 is 0 Å². The predicted molar refractivity (Wildman–Crippen MR) is 60.4 cm³/mol. The van der Waals surface area contributed by atoms with Gasteiger partial charge in [-0.25, -0.2) is 0 Å². The maximum absolute atomic E-state index is 3.95. The SMILES string of the molecule is C=C1C=c2cc3cccccc-3c2=C1. The maximum Gasteiger partial charge on any atom is -0.00992 e. The molecule has 0 spiro atoms. The third-order valence-electron chi connectivity index (χ3n) is 2.65. The molecule has 0 heteroatoms. The maximum atomic E-state index is 3.95. The van der Waals surface area contributed by atoms with E-state index in [0.29, 0.717) is 0 Å². The van der Waals surface area contributed by atoms with Gasteiger partial charge in [-0.2, -0.15) is 0 Å². The summed E-state index contributed by atoms with van der Waals surface area (Å²) in [7, 11) is 0. The predicted octanol–water partition coefficient (Wildman–Crippen LogP) is 1.92. The molecule has 0 bridgehead atoms. The zero-order valence-electron chi connectivity index (χ0n) is 7.83. The monoisotopic (exact) mass is 178 g/mol. The molecule has 0 unspecified atom stereocenters. The number of allylic oxidation sites excluding steroid dienone is 1. The first-order valence-corrected chi connectivity index (χ1v) is 4.75. The number of hydrogen-bond acceptors (Lipinski definition) is 0. The minimum atomic E-state index is 1.10. The smallest absolute Gasteiger partial charge is 0.00992 e. The Hall–Kier alpha value is -1.82. The molecule has 0 aromatic carbocycles. The van der Waals surface area contributed by atoms with Crippen molar-refractivity contribution in [3.63, 3.8) is 0 Å². The Morgan fingerprint density at radius 2 is 1.79 bits per heavy atom. The lowest BCUT2D eigenvalue weighted by Gasteiger charge is -1.90. The van der Waals surface area contributed by atoms with Gasteiger partial charge in [0.2, 0.25) is 0 Å². The Morgan fingerprint density at radius 3 is 2.71 bits per heavy atom. The van der Waals surface area contributed by atoms with Crippen LogP contribution in [0.2, 0.25) is 0 Å². The van der Waals surface area contributed by atoms with E-state index in [2.05, 4.69) is 55.1 Å². The second-order valence-electron chi connectivity index (χ2n) is 3.66. The number of hydrogen-bond donors (Lipinski definition) is 0. The average Bonchev–Trinajstić information content (AvgIpc) is 2.55. The van der Waals surface area contributed by atoms with Crippen LogP contribution in [0.15, 0.2) is 48.6 Å². The molecule has 14 heavy (non-hydrogen) atoms. The van der Waals surface area contributed by atoms with Crippen molar-refractivity contribution in [3.8, 4) is 11.1 Å². The molecule has 0 atom stereocenters. The molecule has 0 amide bonds. The molecule has 0 N–H and O–H groups in total. The molecule has 0 aliphatic heterocycles. The summed E-state index contributed by atoms with van der Waals surface area (Å²) in [6, 6.07) is 12.7. The van der Waals surface area contributed by atoms with Crippen molar-refractivity contribution in [1.29, 1.82) is 0 Å². The molecule has 66 valence electrons. The van der Waals surface area contributed by atoms with Gasteiger partial charge in [-0.15, -0.1) is 0 Å². The molecule has 0 aromatic rings. The minimum Gasteiger partial charge on any atom is -0.0917 e. The van der Waals surface area contributed by atoms with Crippen molar-refractivity contribution in [2.45, 2.75) is 0 Å². The van der Waals surface area contributed by atoms with E-state index in [-0.39, 0.29) is 0 Å². The van der Waals surface area contributed by atoms with Gasteiger partial charge in [-0.1, -0.05) is 36.9 Å². The Morgan fingerprint density at radius 1 is 0.929 bits per heavy atom. The average molecular weight is 178 g/mol. The van der Waals surface area contributed by atoms with Crippen molar-refractivity contribution >= 4 is 12.2 Å². The first kappa shape index (κ1) is 7.57. The Labute approximate surface area is 82.9 Å². The first-order valence-electron chi connectivity index (χ1n) is 4.75. The van der Waals surface area contributed by atoms with Crippen LogP contribution in [-0.4, -0.2) is 0 Å². The minimum absolute atomic E-state index is 1.10. The van der Waals surface area contributed by atoms with Crippen molar-refractivity contribution in [2.24, 2.45) is 0 Å². The molecule has 3 rings (SSSR count). The van der Waals surface area contributed by atoms with Gasteiger partial charge in [0.15, 0.2) is 0 Å².